The van der Waals surface area contributed by atoms with Gasteiger partial charge in [0.15, 0.2) is 0 Å². The van der Waals surface area contributed by atoms with Crippen LogP contribution in [0.15, 0.2) is 24.3 Å². The monoisotopic (exact) mass is 383 g/mol. The lowest BCUT2D eigenvalue weighted by atomic mass is 9.99. The molecule has 26 heavy (non-hydrogen) atoms. The predicted octanol–water partition coefficient (Wildman–Crippen LogP) is 2.00. The molecule has 0 radical (unpaired) electrons. The number of hydrogen-bond donors (Lipinski definition) is 1. The van der Waals surface area contributed by atoms with Gasteiger partial charge in [0.05, 0.1) is 18.2 Å². The van der Waals surface area contributed by atoms with E-state index in [-0.39, 0.29) is 18.4 Å². The van der Waals surface area contributed by atoms with Gasteiger partial charge in [-0.3, -0.25) is 9.10 Å². The van der Waals surface area contributed by atoms with E-state index in [2.05, 4.69) is 5.32 Å². The number of hydrogen-bond acceptors (Lipinski definition) is 4. The maximum absolute atomic E-state index is 13.1. The number of ether oxygens (including phenoxy) is 1. The van der Waals surface area contributed by atoms with Gasteiger partial charge >= 0.3 is 10.2 Å². The van der Waals surface area contributed by atoms with Gasteiger partial charge in [0, 0.05) is 26.2 Å². The Bertz CT molecular complexity index is 691. The molecule has 0 bridgehead atoms. The Morgan fingerprint density at radius 2 is 1.96 bits per heavy atom. The van der Waals surface area contributed by atoms with Crippen LogP contribution in [0.2, 0.25) is 0 Å². The highest BCUT2D eigenvalue weighted by molar-refractivity contribution is 7.90. The predicted molar refractivity (Wildman–Crippen MR) is 103 cm³/mol. The summed E-state index contributed by atoms with van der Waals surface area (Å²) in [6.07, 6.45) is 1.40. The first-order chi connectivity index (χ1) is 12.4. The van der Waals surface area contributed by atoms with Crippen molar-refractivity contribution >= 4 is 21.8 Å². The molecular weight excluding hydrogens is 354 g/mol. The molecule has 0 aromatic heterocycles. The van der Waals surface area contributed by atoms with Gasteiger partial charge in [-0.15, -0.1) is 0 Å². The van der Waals surface area contributed by atoms with Crippen LogP contribution >= 0.6 is 0 Å². The molecule has 1 saturated heterocycles. The second-order valence-corrected chi connectivity index (χ2v) is 8.04. The Balaban J connectivity index is 2.18. The quantitative estimate of drug-likeness (QED) is 0.745. The Hall–Kier alpha value is -1.80. The first-order valence-electron chi connectivity index (χ1n) is 9.22. The van der Waals surface area contributed by atoms with Gasteiger partial charge in [0.2, 0.25) is 5.91 Å². The fourth-order valence-electron chi connectivity index (χ4n) is 3.18. The summed E-state index contributed by atoms with van der Waals surface area (Å²) in [6.45, 7) is 7.66. The standard InChI is InChI=1S/C18H29N3O4S/c1-4-19-18(22)15-8-7-13-20(14-15)26(23,24)21(5-2)16-9-11-17(12-10-16)25-6-3/h9-12,15H,4-8,13-14H2,1-3H3,(H,19,22)/t15-/m0/s1. The van der Waals surface area contributed by atoms with Crippen LogP contribution in [0, 0.1) is 5.92 Å². The molecule has 1 aliphatic heterocycles. The largest absolute Gasteiger partial charge is 0.494 e. The van der Waals surface area contributed by atoms with E-state index in [1.807, 2.05) is 13.8 Å². The molecule has 0 spiro atoms. The summed E-state index contributed by atoms with van der Waals surface area (Å²) < 4.78 is 34.5. The molecule has 0 unspecified atom stereocenters. The Labute approximate surface area is 156 Å². The van der Waals surface area contributed by atoms with E-state index >= 15 is 0 Å². The van der Waals surface area contributed by atoms with Crippen molar-refractivity contribution < 1.29 is 17.9 Å². The zero-order valence-electron chi connectivity index (χ0n) is 15.8. The van der Waals surface area contributed by atoms with Crippen molar-refractivity contribution in [1.82, 2.24) is 9.62 Å². The molecule has 1 N–H and O–H groups in total. The zero-order chi connectivity index (χ0) is 19.2. The number of nitrogens with one attached hydrogen (secondary N) is 1. The highest BCUT2D eigenvalue weighted by Crippen LogP contribution is 2.26. The molecule has 1 aliphatic rings. The third-order valence-corrected chi connectivity index (χ3v) is 6.44. The highest BCUT2D eigenvalue weighted by atomic mass is 32.2. The van der Waals surface area contributed by atoms with Crippen LogP contribution in [0.1, 0.15) is 33.6 Å². The molecule has 0 aliphatic carbocycles. The van der Waals surface area contributed by atoms with Crippen molar-refractivity contribution in [2.45, 2.75) is 33.6 Å². The number of rotatable bonds is 8. The van der Waals surface area contributed by atoms with Crippen molar-refractivity contribution in [2.75, 3.05) is 37.1 Å². The minimum Gasteiger partial charge on any atom is -0.494 e. The maximum Gasteiger partial charge on any atom is 0.304 e. The summed E-state index contributed by atoms with van der Waals surface area (Å²) in [7, 11) is -3.69. The number of nitrogens with zero attached hydrogens (tertiary/aromatic N) is 2. The van der Waals surface area contributed by atoms with Crippen molar-refractivity contribution in [2.24, 2.45) is 5.92 Å². The lowest BCUT2D eigenvalue weighted by Crippen LogP contribution is -2.50. The van der Waals surface area contributed by atoms with E-state index in [1.165, 1.54) is 8.61 Å². The second kappa shape index (κ2) is 9.23. The molecule has 1 fully saturated rings. The highest BCUT2D eigenvalue weighted by Gasteiger charge is 2.35. The van der Waals surface area contributed by atoms with E-state index in [0.717, 1.165) is 0 Å². The van der Waals surface area contributed by atoms with Crippen LogP contribution in [-0.4, -0.2) is 51.4 Å². The molecule has 7 nitrogen and oxygen atoms in total. The fraction of sp³-hybridized carbons (Fsp3) is 0.611. The first-order valence-corrected chi connectivity index (χ1v) is 10.6. The number of benzene rings is 1. The van der Waals surface area contributed by atoms with Gasteiger partial charge in [-0.05, 0) is 57.9 Å². The molecular formula is C18H29N3O4S. The number of piperidine rings is 1. The average molecular weight is 384 g/mol. The molecule has 1 heterocycles. The molecule has 2 rings (SSSR count). The molecule has 1 aromatic rings. The van der Waals surface area contributed by atoms with E-state index in [4.69, 9.17) is 4.74 Å². The van der Waals surface area contributed by atoms with Crippen LogP contribution in [0.5, 0.6) is 5.75 Å². The molecule has 0 saturated carbocycles. The lowest BCUT2D eigenvalue weighted by Gasteiger charge is -2.35. The smallest absolute Gasteiger partial charge is 0.304 e. The SMILES string of the molecule is CCNC(=O)[C@H]1CCCN(S(=O)(=O)N(CC)c2ccc(OCC)cc2)C1. The number of amides is 1. The number of anilines is 1. The second-order valence-electron chi connectivity index (χ2n) is 6.19. The number of carbonyl (C=O) groups is 1. The van der Waals surface area contributed by atoms with Gasteiger partial charge in [-0.25, -0.2) is 0 Å². The summed E-state index contributed by atoms with van der Waals surface area (Å²) >= 11 is 0. The third-order valence-electron chi connectivity index (χ3n) is 4.43. The minimum atomic E-state index is -3.69. The van der Waals surface area contributed by atoms with Crippen LogP contribution in [0.25, 0.3) is 0 Å². The summed E-state index contributed by atoms with van der Waals surface area (Å²) in [5.74, 6) is 0.341. The fourth-order valence-corrected chi connectivity index (χ4v) is 4.90. The molecule has 146 valence electrons. The van der Waals surface area contributed by atoms with E-state index in [1.54, 1.807) is 31.2 Å². The Morgan fingerprint density at radius 1 is 1.27 bits per heavy atom. The van der Waals surface area contributed by atoms with Gasteiger partial charge in [0.1, 0.15) is 5.75 Å². The van der Waals surface area contributed by atoms with Crippen molar-refractivity contribution in [1.29, 1.82) is 0 Å². The average Bonchev–Trinajstić information content (AvgIpc) is 2.64. The van der Waals surface area contributed by atoms with Gasteiger partial charge in [-0.2, -0.15) is 12.7 Å². The lowest BCUT2D eigenvalue weighted by molar-refractivity contribution is -0.125. The third kappa shape index (κ3) is 4.67. The van der Waals surface area contributed by atoms with E-state index in [0.29, 0.717) is 50.5 Å². The summed E-state index contributed by atoms with van der Waals surface area (Å²) in [5, 5.41) is 2.79. The first kappa shape index (κ1) is 20.5. The summed E-state index contributed by atoms with van der Waals surface area (Å²) in [6, 6.07) is 7.03. The van der Waals surface area contributed by atoms with Gasteiger partial charge in [0.25, 0.3) is 0 Å². The molecule has 8 heteroatoms. The normalized spacial score (nSPS) is 18.3. The summed E-state index contributed by atoms with van der Waals surface area (Å²) in [4.78, 5) is 12.1. The van der Waals surface area contributed by atoms with Gasteiger partial charge < -0.3 is 10.1 Å². The topological polar surface area (TPSA) is 79.0 Å². The molecule has 1 atom stereocenters. The van der Waals surface area contributed by atoms with Crippen LogP contribution in [-0.2, 0) is 15.0 Å². The Kier molecular flexibility index (Phi) is 7.28. The van der Waals surface area contributed by atoms with Gasteiger partial charge in [-0.1, -0.05) is 0 Å². The van der Waals surface area contributed by atoms with Crippen LogP contribution in [0.3, 0.4) is 0 Å². The Morgan fingerprint density at radius 3 is 2.54 bits per heavy atom. The van der Waals surface area contributed by atoms with Crippen LogP contribution < -0.4 is 14.4 Å². The molecule has 1 aromatic carbocycles. The van der Waals surface area contributed by atoms with Crippen LogP contribution in [0.4, 0.5) is 5.69 Å². The molecule has 1 amide bonds. The zero-order valence-corrected chi connectivity index (χ0v) is 16.6. The van der Waals surface area contributed by atoms with Crippen molar-refractivity contribution in [3.63, 3.8) is 0 Å². The number of carbonyl (C=O) groups excluding carboxylic acids is 1. The van der Waals surface area contributed by atoms with E-state index < -0.39 is 10.2 Å². The van der Waals surface area contributed by atoms with Crippen molar-refractivity contribution in [3.8, 4) is 5.75 Å². The summed E-state index contributed by atoms with van der Waals surface area (Å²) in [5.41, 5.74) is 0.594. The maximum atomic E-state index is 13.1. The minimum absolute atomic E-state index is 0.0727. The van der Waals surface area contributed by atoms with Crippen molar-refractivity contribution in [3.05, 3.63) is 24.3 Å². The van der Waals surface area contributed by atoms with E-state index in [9.17, 15) is 13.2 Å².